The molecule has 0 atom stereocenters. The number of aryl methyl sites for hydroxylation is 1. The molecule has 1 aromatic carbocycles. The number of rotatable bonds is 2. The lowest BCUT2D eigenvalue weighted by molar-refractivity contribution is 0.111. The Morgan fingerprint density at radius 2 is 2.15 bits per heavy atom. The molecule has 0 aliphatic carbocycles. The van der Waals surface area contributed by atoms with Gasteiger partial charge in [0.25, 0.3) is 0 Å². The van der Waals surface area contributed by atoms with Crippen molar-refractivity contribution in [3.05, 3.63) is 36.0 Å². The number of benzene rings is 1. The van der Waals surface area contributed by atoms with Gasteiger partial charge in [-0.3, -0.25) is 4.79 Å². The van der Waals surface area contributed by atoms with E-state index in [1.165, 1.54) is 0 Å². The highest BCUT2D eigenvalue weighted by molar-refractivity contribution is 5.88. The maximum Gasteiger partial charge on any atom is 0.166 e. The van der Waals surface area contributed by atoms with Gasteiger partial charge in [0.05, 0.1) is 5.69 Å². The Hall–Kier alpha value is -1.57. The summed E-state index contributed by atoms with van der Waals surface area (Å²) in [5.41, 5.74) is 1.89. The van der Waals surface area contributed by atoms with E-state index >= 15 is 0 Å². The fourth-order valence-corrected chi connectivity index (χ4v) is 1.68. The molecule has 2 heteroatoms. The van der Waals surface area contributed by atoms with E-state index in [1.54, 1.807) is 0 Å². The first kappa shape index (κ1) is 8.05. The zero-order valence-electron chi connectivity index (χ0n) is 7.53. The van der Waals surface area contributed by atoms with Crippen LogP contribution in [-0.2, 0) is 6.54 Å². The average Bonchev–Trinajstić information content (AvgIpc) is 2.55. The minimum atomic E-state index is 0.753. The summed E-state index contributed by atoms with van der Waals surface area (Å²) in [4.78, 5) is 10.7. The molecule has 2 nitrogen and oxygen atoms in total. The number of carbonyl (C=O) groups is 1. The average molecular weight is 173 g/mol. The van der Waals surface area contributed by atoms with Gasteiger partial charge in [-0.1, -0.05) is 18.2 Å². The number of fused-ring (bicyclic) bond motifs is 1. The van der Waals surface area contributed by atoms with Crippen LogP contribution in [0.5, 0.6) is 0 Å². The molecule has 2 rings (SSSR count). The van der Waals surface area contributed by atoms with Gasteiger partial charge < -0.3 is 4.57 Å². The lowest BCUT2D eigenvalue weighted by Crippen LogP contribution is -1.98. The molecule has 0 fully saturated rings. The minimum Gasteiger partial charge on any atom is -0.339 e. The van der Waals surface area contributed by atoms with Crippen LogP contribution in [0.3, 0.4) is 0 Å². The van der Waals surface area contributed by atoms with Gasteiger partial charge in [0.1, 0.15) is 0 Å². The molecule has 0 spiro atoms. The maximum absolute atomic E-state index is 10.7. The number of aldehydes is 1. The fourth-order valence-electron chi connectivity index (χ4n) is 1.68. The summed E-state index contributed by atoms with van der Waals surface area (Å²) in [5.74, 6) is 0. The van der Waals surface area contributed by atoms with Crippen molar-refractivity contribution in [3.63, 3.8) is 0 Å². The maximum atomic E-state index is 10.7. The lowest BCUT2D eigenvalue weighted by atomic mass is 10.2. The highest BCUT2D eigenvalue weighted by Gasteiger charge is 2.04. The molecule has 0 unspecified atom stereocenters. The molecule has 1 heterocycles. The standard InChI is InChI=1S/C11H11NO/c1-2-12-10(8-13)7-9-5-3-4-6-11(9)12/h3-8H,2H2,1H3. The number of hydrogen-bond donors (Lipinski definition) is 0. The molecule has 0 bridgehead atoms. The third-order valence-corrected chi connectivity index (χ3v) is 2.28. The molecule has 1 aromatic heterocycles. The number of nitrogens with zero attached hydrogens (tertiary/aromatic N) is 1. The van der Waals surface area contributed by atoms with Crippen molar-refractivity contribution in [3.8, 4) is 0 Å². The highest BCUT2D eigenvalue weighted by atomic mass is 16.1. The highest BCUT2D eigenvalue weighted by Crippen LogP contribution is 2.18. The summed E-state index contributed by atoms with van der Waals surface area (Å²) in [6.07, 6.45) is 0.906. The van der Waals surface area contributed by atoms with Gasteiger partial charge in [0, 0.05) is 17.4 Å². The van der Waals surface area contributed by atoms with Crippen LogP contribution in [0.1, 0.15) is 17.4 Å². The van der Waals surface area contributed by atoms with Crippen LogP contribution >= 0.6 is 0 Å². The summed E-state index contributed by atoms with van der Waals surface area (Å²) >= 11 is 0. The second-order valence-corrected chi connectivity index (χ2v) is 2.99. The summed E-state index contributed by atoms with van der Waals surface area (Å²) in [7, 11) is 0. The number of para-hydroxylation sites is 1. The van der Waals surface area contributed by atoms with E-state index in [4.69, 9.17) is 0 Å². The Labute approximate surface area is 76.8 Å². The molecule has 13 heavy (non-hydrogen) atoms. The Kier molecular flexibility index (Phi) is 1.89. The van der Waals surface area contributed by atoms with Crippen LogP contribution < -0.4 is 0 Å². The zero-order valence-corrected chi connectivity index (χ0v) is 7.53. The Balaban J connectivity index is 2.81. The van der Waals surface area contributed by atoms with E-state index in [-0.39, 0.29) is 0 Å². The normalized spacial score (nSPS) is 10.5. The topological polar surface area (TPSA) is 22.0 Å². The third-order valence-electron chi connectivity index (χ3n) is 2.28. The Bertz CT molecular complexity index is 442. The first-order valence-corrected chi connectivity index (χ1v) is 4.40. The van der Waals surface area contributed by atoms with Gasteiger partial charge in [-0.15, -0.1) is 0 Å². The molecule has 0 aliphatic rings. The van der Waals surface area contributed by atoms with Crippen LogP contribution in [0.2, 0.25) is 0 Å². The smallest absolute Gasteiger partial charge is 0.166 e. The van der Waals surface area contributed by atoms with Gasteiger partial charge in [-0.05, 0) is 19.1 Å². The molecule has 0 amide bonds. The zero-order chi connectivity index (χ0) is 9.26. The molecule has 66 valence electrons. The van der Waals surface area contributed by atoms with Crippen molar-refractivity contribution < 1.29 is 4.79 Å². The molecule has 0 N–H and O–H groups in total. The third kappa shape index (κ3) is 1.15. The SMILES string of the molecule is CCn1c(C=O)cc2ccccc21. The summed E-state index contributed by atoms with van der Waals surface area (Å²) in [6, 6.07) is 9.95. The van der Waals surface area contributed by atoms with Crippen molar-refractivity contribution in [2.45, 2.75) is 13.5 Å². The largest absolute Gasteiger partial charge is 0.339 e. The number of hydrogen-bond acceptors (Lipinski definition) is 1. The van der Waals surface area contributed by atoms with E-state index < -0.39 is 0 Å². The predicted molar refractivity (Wildman–Crippen MR) is 53.0 cm³/mol. The van der Waals surface area contributed by atoms with Crippen LogP contribution in [0.25, 0.3) is 10.9 Å². The van der Waals surface area contributed by atoms with Crippen molar-refractivity contribution in [1.29, 1.82) is 0 Å². The quantitative estimate of drug-likeness (QED) is 0.639. The van der Waals surface area contributed by atoms with Crippen LogP contribution in [0.15, 0.2) is 30.3 Å². The molecular formula is C11H11NO. The van der Waals surface area contributed by atoms with Gasteiger partial charge in [-0.25, -0.2) is 0 Å². The summed E-state index contributed by atoms with van der Waals surface area (Å²) < 4.78 is 2.02. The second kappa shape index (κ2) is 3.05. The summed E-state index contributed by atoms with van der Waals surface area (Å²) in [5, 5.41) is 1.13. The molecule has 0 saturated carbocycles. The molecule has 0 aliphatic heterocycles. The van der Waals surface area contributed by atoms with Gasteiger partial charge in [0.15, 0.2) is 6.29 Å². The monoisotopic (exact) mass is 173 g/mol. The van der Waals surface area contributed by atoms with Crippen molar-refractivity contribution in [2.24, 2.45) is 0 Å². The molecule has 0 radical (unpaired) electrons. The Morgan fingerprint density at radius 3 is 2.85 bits per heavy atom. The van der Waals surface area contributed by atoms with Gasteiger partial charge in [-0.2, -0.15) is 0 Å². The Morgan fingerprint density at radius 1 is 1.38 bits per heavy atom. The first-order chi connectivity index (χ1) is 6.36. The lowest BCUT2D eigenvalue weighted by Gasteiger charge is -2.01. The van der Waals surface area contributed by atoms with E-state index in [9.17, 15) is 4.79 Å². The van der Waals surface area contributed by atoms with E-state index in [0.717, 1.165) is 29.4 Å². The van der Waals surface area contributed by atoms with Gasteiger partial charge in [0.2, 0.25) is 0 Å². The van der Waals surface area contributed by atoms with E-state index in [2.05, 4.69) is 0 Å². The van der Waals surface area contributed by atoms with Crippen molar-refractivity contribution >= 4 is 17.2 Å². The number of aromatic nitrogens is 1. The fraction of sp³-hybridized carbons (Fsp3) is 0.182. The van der Waals surface area contributed by atoms with Crippen LogP contribution in [0, 0.1) is 0 Å². The van der Waals surface area contributed by atoms with E-state index in [0.29, 0.717) is 0 Å². The van der Waals surface area contributed by atoms with Crippen molar-refractivity contribution in [2.75, 3.05) is 0 Å². The van der Waals surface area contributed by atoms with Crippen molar-refractivity contribution in [1.82, 2.24) is 4.57 Å². The predicted octanol–water partition coefficient (Wildman–Crippen LogP) is 2.47. The molecule has 2 aromatic rings. The second-order valence-electron chi connectivity index (χ2n) is 2.99. The minimum absolute atomic E-state index is 0.753. The van der Waals surface area contributed by atoms with Gasteiger partial charge >= 0.3 is 0 Å². The molecule has 0 saturated heterocycles. The first-order valence-electron chi connectivity index (χ1n) is 4.40. The van der Waals surface area contributed by atoms with E-state index in [1.807, 2.05) is 41.8 Å². The van der Waals surface area contributed by atoms with Crippen LogP contribution in [-0.4, -0.2) is 10.9 Å². The molecular weight excluding hydrogens is 162 g/mol. The van der Waals surface area contributed by atoms with Crippen LogP contribution in [0.4, 0.5) is 0 Å². The number of carbonyl (C=O) groups excluding carboxylic acids is 1. The summed E-state index contributed by atoms with van der Waals surface area (Å²) in [6.45, 7) is 2.88.